The zero-order valence-corrected chi connectivity index (χ0v) is 11.1. The van der Waals surface area contributed by atoms with Crippen molar-refractivity contribution in [1.29, 1.82) is 0 Å². The third kappa shape index (κ3) is 4.34. The van der Waals surface area contributed by atoms with Crippen LogP contribution in [0.5, 0.6) is 0 Å². The monoisotopic (exact) mass is 322 g/mol. The molecule has 0 saturated heterocycles. The molecule has 3 nitrogen and oxygen atoms in total. The minimum Gasteiger partial charge on any atom is -0.481 e. The quantitative estimate of drug-likeness (QED) is 0.623. The first-order valence-electron chi connectivity index (χ1n) is 5.46. The fourth-order valence-electron chi connectivity index (χ4n) is 1.56. The number of rotatable bonds is 6. The van der Waals surface area contributed by atoms with Gasteiger partial charge in [0.25, 0.3) is 0 Å². The van der Waals surface area contributed by atoms with Gasteiger partial charge >= 0.3 is 5.97 Å². The predicted octanol–water partition coefficient (Wildman–Crippen LogP) is 3.41. The second-order valence-corrected chi connectivity index (χ2v) is 4.80. The summed E-state index contributed by atoms with van der Waals surface area (Å²) in [4.78, 5) is 10.3. The lowest BCUT2D eigenvalue weighted by Crippen LogP contribution is -2.03. The molecule has 0 aliphatic carbocycles. The summed E-state index contributed by atoms with van der Waals surface area (Å²) < 4.78 is 26.7. The van der Waals surface area contributed by atoms with Crippen molar-refractivity contribution in [2.45, 2.75) is 31.8 Å². The van der Waals surface area contributed by atoms with Crippen LogP contribution in [0.2, 0.25) is 0 Å². The maximum Gasteiger partial charge on any atom is 0.303 e. The second-order valence-electron chi connectivity index (χ2n) is 3.94. The van der Waals surface area contributed by atoms with Gasteiger partial charge in [0.1, 0.15) is 11.6 Å². The maximum atomic E-state index is 13.5. The first-order chi connectivity index (χ1) is 8.41. The van der Waals surface area contributed by atoms with Crippen LogP contribution in [0.1, 0.15) is 37.4 Å². The smallest absolute Gasteiger partial charge is 0.303 e. The highest BCUT2D eigenvalue weighted by molar-refractivity contribution is 9.10. The molecule has 1 rings (SSSR count). The number of carboxylic acids is 1. The SMILES string of the molecule is O=C(O)CCCCC(O)c1cc(F)c(Br)cc1F. The van der Waals surface area contributed by atoms with Crippen molar-refractivity contribution in [2.75, 3.05) is 0 Å². The number of carboxylic acid groups (broad SMARTS) is 1. The molecule has 1 unspecified atom stereocenters. The number of halogens is 3. The molecule has 1 aromatic carbocycles. The molecule has 0 aliphatic rings. The third-order valence-corrected chi connectivity index (χ3v) is 3.12. The zero-order valence-electron chi connectivity index (χ0n) is 9.50. The van der Waals surface area contributed by atoms with E-state index in [1.807, 2.05) is 0 Å². The van der Waals surface area contributed by atoms with Crippen LogP contribution in [0.15, 0.2) is 16.6 Å². The Hall–Kier alpha value is -1.01. The minimum absolute atomic E-state index is 0.00169. The summed E-state index contributed by atoms with van der Waals surface area (Å²) >= 11 is 2.85. The van der Waals surface area contributed by atoms with Crippen LogP contribution in [0.4, 0.5) is 8.78 Å². The van der Waals surface area contributed by atoms with E-state index in [0.29, 0.717) is 12.8 Å². The zero-order chi connectivity index (χ0) is 13.7. The van der Waals surface area contributed by atoms with Crippen LogP contribution >= 0.6 is 15.9 Å². The lowest BCUT2D eigenvalue weighted by atomic mass is 10.0. The van der Waals surface area contributed by atoms with E-state index in [2.05, 4.69) is 15.9 Å². The highest BCUT2D eigenvalue weighted by Gasteiger charge is 2.15. The molecule has 2 N–H and O–H groups in total. The molecule has 0 fully saturated rings. The number of aliphatic hydroxyl groups is 1. The Bertz CT molecular complexity index is 438. The molecule has 100 valence electrons. The van der Waals surface area contributed by atoms with Crippen molar-refractivity contribution >= 4 is 21.9 Å². The molecule has 0 bridgehead atoms. The van der Waals surface area contributed by atoms with Gasteiger partial charge in [-0.3, -0.25) is 4.79 Å². The van der Waals surface area contributed by atoms with Gasteiger partial charge in [0, 0.05) is 12.0 Å². The molecule has 0 saturated carbocycles. The molecule has 18 heavy (non-hydrogen) atoms. The summed E-state index contributed by atoms with van der Waals surface area (Å²) in [7, 11) is 0. The van der Waals surface area contributed by atoms with Gasteiger partial charge in [0.05, 0.1) is 10.6 Å². The fourth-order valence-corrected chi connectivity index (χ4v) is 1.88. The summed E-state index contributed by atoms with van der Waals surface area (Å²) in [5.41, 5.74) is -0.106. The molecule has 1 aromatic rings. The number of benzene rings is 1. The summed E-state index contributed by atoms with van der Waals surface area (Å²) in [6.45, 7) is 0. The number of aliphatic carboxylic acids is 1. The summed E-state index contributed by atoms with van der Waals surface area (Å²) in [5.74, 6) is -2.24. The van der Waals surface area contributed by atoms with Crippen LogP contribution in [-0.4, -0.2) is 16.2 Å². The van der Waals surface area contributed by atoms with E-state index in [9.17, 15) is 18.7 Å². The summed E-state index contributed by atoms with van der Waals surface area (Å²) in [6.07, 6.45) is -0.0892. The fraction of sp³-hybridized carbons (Fsp3) is 0.417. The molecule has 0 aliphatic heterocycles. The van der Waals surface area contributed by atoms with Gasteiger partial charge in [-0.25, -0.2) is 8.78 Å². The van der Waals surface area contributed by atoms with E-state index in [4.69, 9.17) is 5.11 Å². The second kappa shape index (κ2) is 6.80. The summed E-state index contributed by atoms with van der Waals surface area (Å²) in [6, 6.07) is 1.91. The third-order valence-electron chi connectivity index (χ3n) is 2.52. The predicted molar refractivity (Wildman–Crippen MR) is 65.1 cm³/mol. The van der Waals surface area contributed by atoms with E-state index in [1.54, 1.807) is 0 Å². The van der Waals surface area contributed by atoms with E-state index >= 15 is 0 Å². The van der Waals surface area contributed by atoms with Crippen LogP contribution < -0.4 is 0 Å². The molecular weight excluding hydrogens is 310 g/mol. The average Bonchev–Trinajstić information content (AvgIpc) is 2.28. The van der Waals surface area contributed by atoms with Crippen molar-refractivity contribution in [3.8, 4) is 0 Å². The van der Waals surface area contributed by atoms with Gasteiger partial charge in [-0.2, -0.15) is 0 Å². The Morgan fingerprint density at radius 2 is 1.94 bits per heavy atom. The van der Waals surface area contributed by atoms with Crippen molar-refractivity contribution in [2.24, 2.45) is 0 Å². The molecule has 1 atom stereocenters. The first-order valence-corrected chi connectivity index (χ1v) is 6.25. The van der Waals surface area contributed by atoms with E-state index < -0.39 is 23.7 Å². The Balaban J connectivity index is 2.58. The topological polar surface area (TPSA) is 57.5 Å². The average molecular weight is 323 g/mol. The Kier molecular flexibility index (Phi) is 5.68. The number of aliphatic hydroxyl groups excluding tert-OH is 1. The Labute approximate surface area is 112 Å². The number of unbranched alkanes of at least 4 members (excludes halogenated alkanes) is 1. The number of hydrogen-bond acceptors (Lipinski definition) is 2. The first kappa shape index (κ1) is 15.0. The van der Waals surface area contributed by atoms with Crippen molar-refractivity contribution in [3.05, 3.63) is 33.8 Å². The largest absolute Gasteiger partial charge is 0.481 e. The molecule has 0 amide bonds. The van der Waals surface area contributed by atoms with Crippen LogP contribution in [0, 0.1) is 11.6 Å². The van der Waals surface area contributed by atoms with Crippen LogP contribution in [0.25, 0.3) is 0 Å². The molecule has 0 heterocycles. The van der Waals surface area contributed by atoms with Gasteiger partial charge < -0.3 is 10.2 Å². The number of hydrogen-bond donors (Lipinski definition) is 2. The van der Waals surface area contributed by atoms with Gasteiger partial charge in [-0.05, 0) is 47.3 Å². The molecule has 0 radical (unpaired) electrons. The van der Waals surface area contributed by atoms with E-state index in [1.165, 1.54) is 0 Å². The Morgan fingerprint density at radius 3 is 2.56 bits per heavy atom. The summed E-state index contributed by atoms with van der Waals surface area (Å²) in [5, 5.41) is 18.1. The lowest BCUT2D eigenvalue weighted by molar-refractivity contribution is -0.137. The van der Waals surface area contributed by atoms with Gasteiger partial charge in [-0.15, -0.1) is 0 Å². The molecule has 0 aromatic heterocycles. The molecule has 0 spiro atoms. The van der Waals surface area contributed by atoms with Gasteiger partial charge in [0.15, 0.2) is 0 Å². The number of carbonyl (C=O) groups is 1. The van der Waals surface area contributed by atoms with Crippen molar-refractivity contribution in [3.63, 3.8) is 0 Å². The molecule has 6 heteroatoms. The lowest BCUT2D eigenvalue weighted by Gasteiger charge is -2.12. The normalized spacial score (nSPS) is 12.4. The van der Waals surface area contributed by atoms with Crippen LogP contribution in [0.3, 0.4) is 0 Å². The van der Waals surface area contributed by atoms with Crippen molar-refractivity contribution in [1.82, 2.24) is 0 Å². The van der Waals surface area contributed by atoms with Crippen LogP contribution in [-0.2, 0) is 4.79 Å². The van der Waals surface area contributed by atoms with Crippen molar-refractivity contribution < 1.29 is 23.8 Å². The van der Waals surface area contributed by atoms with Gasteiger partial charge in [0.2, 0.25) is 0 Å². The standard InChI is InChI=1S/C12H13BrF2O3/c13-8-6-9(14)7(5-10(8)15)11(16)3-1-2-4-12(17)18/h5-6,11,16H,1-4H2,(H,17,18). The highest BCUT2D eigenvalue weighted by atomic mass is 79.9. The van der Waals surface area contributed by atoms with E-state index in [0.717, 1.165) is 12.1 Å². The van der Waals surface area contributed by atoms with E-state index in [-0.39, 0.29) is 22.9 Å². The molecular formula is C12H13BrF2O3. The minimum atomic E-state index is -1.12. The Morgan fingerprint density at radius 1 is 1.28 bits per heavy atom. The van der Waals surface area contributed by atoms with Gasteiger partial charge in [-0.1, -0.05) is 0 Å². The highest BCUT2D eigenvalue weighted by Crippen LogP contribution is 2.27. The maximum absolute atomic E-state index is 13.5.